The number of rotatable bonds is 0. The smallest absolute Gasteiger partial charge is 0.143 e. The van der Waals surface area contributed by atoms with Crippen molar-refractivity contribution >= 4 is 33.4 Å². The van der Waals surface area contributed by atoms with Crippen molar-refractivity contribution in [1.82, 2.24) is 9.97 Å². The van der Waals surface area contributed by atoms with E-state index in [-0.39, 0.29) is 22.5 Å². The summed E-state index contributed by atoms with van der Waals surface area (Å²) in [5, 5.41) is 19.5. The SMILES string of the molecule is Nc1ccc(O)c2nc3c(O)ccc(N)c3nc12. The van der Waals surface area contributed by atoms with E-state index in [0.29, 0.717) is 22.4 Å². The molecule has 0 aliphatic heterocycles. The molecule has 0 amide bonds. The van der Waals surface area contributed by atoms with Gasteiger partial charge >= 0.3 is 0 Å². The zero-order chi connectivity index (χ0) is 12.9. The number of anilines is 2. The van der Waals surface area contributed by atoms with Gasteiger partial charge in [-0.25, -0.2) is 9.97 Å². The maximum atomic E-state index is 9.74. The van der Waals surface area contributed by atoms with E-state index < -0.39 is 0 Å². The highest BCUT2D eigenvalue weighted by molar-refractivity contribution is 6.00. The summed E-state index contributed by atoms with van der Waals surface area (Å²) in [5.41, 5.74) is 13.6. The summed E-state index contributed by atoms with van der Waals surface area (Å²) in [5.74, 6) is -0.0918. The summed E-state index contributed by atoms with van der Waals surface area (Å²) < 4.78 is 0. The molecule has 0 bridgehead atoms. The number of aromatic hydroxyl groups is 2. The molecule has 1 aromatic heterocycles. The molecule has 90 valence electrons. The number of phenolic OH excluding ortho intramolecular Hbond substituents is 2. The Bertz CT molecular complexity index is 657. The maximum Gasteiger partial charge on any atom is 0.143 e. The van der Waals surface area contributed by atoms with Gasteiger partial charge in [-0.15, -0.1) is 0 Å². The molecule has 18 heavy (non-hydrogen) atoms. The Morgan fingerprint density at radius 3 is 1.50 bits per heavy atom. The number of nitrogens with zero attached hydrogens (tertiary/aromatic N) is 2. The number of aromatic nitrogens is 2. The van der Waals surface area contributed by atoms with Crippen LogP contribution >= 0.6 is 0 Å². The standard InChI is InChI=1S/C12H10N4O2/c13-5-1-3-7(17)11-9(5)15-10-6(14)2-4-8(18)12(10)16-11/h1-4,17-18H,13-14H2. The summed E-state index contributed by atoms with van der Waals surface area (Å²) in [6.45, 7) is 0. The largest absolute Gasteiger partial charge is 0.506 e. The molecule has 0 aliphatic rings. The zero-order valence-corrected chi connectivity index (χ0v) is 9.25. The fourth-order valence-corrected chi connectivity index (χ4v) is 1.85. The lowest BCUT2D eigenvalue weighted by Crippen LogP contribution is -1.96. The monoisotopic (exact) mass is 242 g/mol. The third-order valence-electron chi connectivity index (χ3n) is 2.77. The lowest BCUT2D eigenvalue weighted by Gasteiger charge is -2.07. The van der Waals surface area contributed by atoms with Gasteiger partial charge in [-0.3, -0.25) is 0 Å². The van der Waals surface area contributed by atoms with Gasteiger partial charge < -0.3 is 21.7 Å². The first-order chi connectivity index (χ1) is 8.58. The molecule has 0 unspecified atom stereocenters. The highest BCUT2D eigenvalue weighted by atomic mass is 16.3. The van der Waals surface area contributed by atoms with Gasteiger partial charge in [0.15, 0.2) is 0 Å². The van der Waals surface area contributed by atoms with Gasteiger partial charge in [0.2, 0.25) is 0 Å². The number of hydrogen-bond donors (Lipinski definition) is 4. The van der Waals surface area contributed by atoms with Gasteiger partial charge in [0.05, 0.1) is 11.4 Å². The highest BCUT2D eigenvalue weighted by Crippen LogP contribution is 2.32. The minimum atomic E-state index is -0.0459. The van der Waals surface area contributed by atoms with E-state index in [1.807, 2.05) is 0 Å². The minimum absolute atomic E-state index is 0.0459. The van der Waals surface area contributed by atoms with Crippen molar-refractivity contribution in [3.05, 3.63) is 24.3 Å². The number of benzene rings is 2. The van der Waals surface area contributed by atoms with Gasteiger partial charge in [-0.1, -0.05) is 0 Å². The van der Waals surface area contributed by atoms with E-state index in [4.69, 9.17) is 11.5 Å². The Morgan fingerprint density at radius 1 is 0.667 bits per heavy atom. The second-order valence-electron chi connectivity index (χ2n) is 3.97. The first-order valence-electron chi connectivity index (χ1n) is 5.24. The second-order valence-corrected chi connectivity index (χ2v) is 3.97. The van der Waals surface area contributed by atoms with E-state index in [0.717, 1.165) is 0 Å². The molecule has 0 atom stereocenters. The van der Waals surface area contributed by atoms with E-state index in [2.05, 4.69) is 9.97 Å². The van der Waals surface area contributed by atoms with Gasteiger partial charge in [0, 0.05) is 0 Å². The number of fused-ring (bicyclic) bond motifs is 2. The molecule has 0 spiro atoms. The van der Waals surface area contributed by atoms with Crippen molar-refractivity contribution in [2.45, 2.75) is 0 Å². The van der Waals surface area contributed by atoms with E-state index in [9.17, 15) is 10.2 Å². The quantitative estimate of drug-likeness (QED) is 0.268. The van der Waals surface area contributed by atoms with Crippen LogP contribution < -0.4 is 11.5 Å². The molecule has 3 aromatic rings. The average molecular weight is 242 g/mol. The summed E-state index contributed by atoms with van der Waals surface area (Å²) in [6.07, 6.45) is 0. The van der Waals surface area contributed by atoms with E-state index in [1.54, 1.807) is 0 Å². The molecule has 1 heterocycles. The summed E-state index contributed by atoms with van der Waals surface area (Å²) >= 11 is 0. The Morgan fingerprint density at radius 2 is 1.06 bits per heavy atom. The predicted octanol–water partition coefficient (Wildman–Crippen LogP) is 1.36. The summed E-state index contributed by atoms with van der Waals surface area (Å²) in [4.78, 5) is 8.44. The topological polar surface area (TPSA) is 118 Å². The Hall–Kier alpha value is -2.76. The molecule has 2 aromatic carbocycles. The van der Waals surface area contributed by atoms with Crippen molar-refractivity contribution in [2.75, 3.05) is 11.5 Å². The summed E-state index contributed by atoms with van der Waals surface area (Å²) in [6, 6.07) is 5.94. The average Bonchev–Trinajstić information content (AvgIpc) is 2.37. The van der Waals surface area contributed by atoms with E-state index >= 15 is 0 Å². The number of phenols is 2. The number of hydrogen-bond acceptors (Lipinski definition) is 6. The molecule has 0 aliphatic carbocycles. The molecule has 0 radical (unpaired) electrons. The summed E-state index contributed by atoms with van der Waals surface area (Å²) in [7, 11) is 0. The molecular weight excluding hydrogens is 232 g/mol. The molecule has 6 N–H and O–H groups in total. The predicted molar refractivity (Wildman–Crippen MR) is 69.2 cm³/mol. The first kappa shape index (κ1) is 10.4. The Kier molecular flexibility index (Phi) is 1.94. The van der Waals surface area contributed by atoms with Crippen LogP contribution in [0.4, 0.5) is 11.4 Å². The number of nitrogen functional groups attached to an aromatic ring is 2. The van der Waals surface area contributed by atoms with Crippen LogP contribution in [0.3, 0.4) is 0 Å². The molecular formula is C12H10N4O2. The van der Waals surface area contributed by atoms with Crippen LogP contribution in [0, 0.1) is 0 Å². The Labute approximate surface area is 102 Å². The van der Waals surface area contributed by atoms with Crippen molar-refractivity contribution < 1.29 is 10.2 Å². The first-order valence-corrected chi connectivity index (χ1v) is 5.24. The van der Waals surface area contributed by atoms with Crippen molar-refractivity contribution in [2.24, 2.45) is 0 Å². The fraction of sp³-hybridized carbons (Fsp3) is 0. The van der Waals surface area contributed by atoms with Crippen LogP contribution in [0.25, 0.3) is 22.1 Å². The van der Waals surface area contributed by atoms with Crippen molar-refractivity contribution in [3.8, 4) is 11.5 Å². The highest BCUT2D eigenvalue weighted by Gasteiger charge is 2.12. The third kappa shape index (κ3) is 1.29. The van der Waals surface area contributed by atoms with Crippen molar-refractivity contribution in [1.29, 1.82) is 0 Å². The Balaban J connectivity index is 2.59. The van der Waals surface area contributed by atoms with Crippen LogP contribution in [-0.2, 0) is 0 Å². The molecule has 6 heteroatoms. The maximum absolute atomic E-state index is 9.74. The zero-order valence-electron chi connectivity index (χ0n) is 9.25. The lowest BCUT2D eigenvalue weighted by molar-refractivity contribution is 0.478. The van der Waals surface area contributed by atoms with E-state index in [1.165, 1.54) is 24.3 Å². The van der Waals surface area contributed by atoms with Gasteiger partial charge in [-0.2, -0.15) is 0 Å². The van der Waals surface area contributed by atoms with Gasteiger partial charge in [0.25, 0.3) is 0 Å². The third-order valence-corrected chi connectivity index (χ3v) is 2.77. The van der Waals surface area contributed by atoms with Crippen LogP contribution in [0.15, 0.2) is 24.3 Å². The van der Waals surface area contributed by atoms with Crippen LogP contribution in [0.1, 0.15) is 0 Å². The lowest BCUT2D eigenvalue weighted by atomic mass is 10.2. The van der Waals surface area contributed by atoms with Gasteiger partial charge in [-0.05, 0) is 24.3 Å². The molecule has 6 nitrogen and oxygen atoms in total. The van der Waals surface area contributed by atoms with Crippen LogP contribution in [0.5, 0.6) is 11.5 Å². The van der Waals surface area contributed by atoms with Crippen LogP contribution in [0.2, 0.25) is 0 Å². The second kappa shape index (κ2) is 3.36. The molecule has 0 saturated heterocycles. The molecule has 0 fully saturated rings. The minimum Gasteiger partial charge on any atom is -0.506 e. The molecule has 0 saturated carbocycles. The fourth-order valence-electron chi connectivity index (χ4n) is 1.85. The van der Waals surface area contributed by atoms with Crippen molar-refractivity contribution in [3.63, 3.8) is 0 Å². The van der Waals surface area contributed by atoms with Gasteiger partial charge in [0.1, 0.15) is 33.6 Å². The van der Waals surface area contributed by atoms with Crippen LogP contribution in [-0.4, -0.2) is 20.2 Å². The normalized spacial score (nSPS) is 11.1. The number of nitrogens with two attached hydrogens (primary N) is 2. The molecule has 3 rings (SSSR count).